The number of carbonyl (C=O) groups excluding carboxylic acids is 2. The van der Waals surface area contributed by atoms with E-state index >= 15 is 0 Å². The first-order valence-corrected chi connectivity index (χ1v) is 13.3. The zero-order valence-electron chi connectivity index (χ0n) is 23.1. The van der Waals surface area contributed by atoms with Gasteiger partial charge in [-0.05, 0) is 49.8 Å². The number of para-hydroxylation sites is 1. The Bertz CT molecular complexity index is 1430. The maximum atomic E-state index is 13.7. The van der Waals surface area contributed by atoms with Gasteiger partial charge in [-0.25, -0.2) is 9.78 Å². The van der Waals surface area contributed by atoms with Gasteiger partial charge < -0.3 is 24.3 Å². The molecule has 3 aliphatic rings. The van der Waals surface area contributed by atoms with Crippen molar-refractivity contribution in [2.24, 2.45) is 0 Å². The predicted octanol–water partition coefficient (Wildman–Crippen LogP) is 3.85. The summed E-state index contributed by atoms with van der Waals surface area (Å²) in [6, 6.07) is 13.1. The van der Waals surface area contributed by atoms with Crippen LogP contribution in [0.2, 0.25) is 0 Å². The summed E-state index contributed by atoms with van der Waals surface area (Å²) in [4.78, 5) is 35.7. The maximum absolute atomic E-state index is 13.7. The van der Waals surface area contributed by atoms with Crippen LogP contribution in [0.15, 0.2) is 48.7 Å². The molecule has 1 aromatic heterocycles. The van der Waals surface area contributed by atoms with Gasteiger partial charge in [0.05, 0.1) is 41.9 Å². The van der Waals surface area contributed by atoms with Gasteiger partial charge in [0.1, 0.15) is 11.9 Å². The van der Waals surface area contributed by atoms with Crippen molar-refractivity contribution in [3.05, 3.63) is 65.6 Å². The van der Waals surface area contributed by atoms with E-state index in [2.05, 4.69) is 16.4 Å². The SMILES string of the molecule is COC(=O)N[C@@H]1C(=O)N2c3c(cccc3C1C)C[C@H]2c1ncc(-c2ccc(B3OC(C)(C)C(C)(C)O3)cc2)[nH]1. The van der Waals surface area contributed by atoms with Crippen LogP contribution >= 0.6 is 0 Å². The molecule has 2 N–H and O–H groups in total. The highest BCUT2D eigenvalue weighted by atomic mass is 16.7. The highest BCUT2D eigenvalue weighted by Crippen LogP contribution is 2.48. The number of ether oxygens (including phenoxy) is 1. The number of nitrogens with one attached hydrogen (secondary N) is 2. The Balaban J connectivity index is 1.27. The van der Waals surface area contributed by atoms with Crippen LogP contribution in [0.1, 0.15) is 63.5 Å². The van der Waals surface area contributed by atoms with Gasteiger partial charge >= 0.3 is 13.2 Å². The van der Waals surface area contributed by atoms with Crippen LogP contribution in [-0.2, 0) is 25.3 Å². The zero-order valence-corrected chi connectivity index (χ0v) is 23.1. The second-order valence-corrected chi connectivity index (χ2v) is 11.6. The Morgan fingerprint density at radius 2 is 1.82 bits per heavy atom. The van der Waals surface area contributed by atoms with E-state index in [1.807, 2.05) is 71.0 Å². The van der Waals surface area contributed by atoms with Crippen molar-refractivity contribution >= 4 is 30.3 Å². The molecule has 0 spiro atoms. The van der Waals surface area contributed by atoms with E-state index in [0.717, 1.165) is 33.5 Å². The minimum Gasteiger partial charge on any atom is -0.453 e. The summed E-state index contributed by atoms with van der Waals surface area (Å²) < 4.78 is 17.2. The van der Waals surface area contributed by atoms with Gasteiger partial charge in [-0.15, -0.1) is 0 Å². The third-order valence-electron chi connectivity index (χ3n) is 8.73. The fourth-order valence-electron chi connectivity index (χ4n) is 5.74. The highest BCUT2D eigenvalue weighted by Gasteiger charge is 2.52. The minimum absolute atomic E-state index is 0.167. The topological polar surface area (TPSA) is 106 Å². The van der Waals surface area contributed by atoms with Crippen molar-refractivity contribution in [2.45, 2.75) is 70.2 Å². The molecular weight excluding hydrogens is 495 g/mol. The fourth-order valence-corrected chi connectivity index (χ4v) is 5.74. The Labute approximate surface area is 228 Å². The standard InChI is InChI=1S/C29H33BN4O5/c1-16-20-9-7-8-18-14-22(34(24(18)20)26(35)23(16)33-27(36)37-6)25-31-15-21(32-25)17-10-12-19(13-11-17)30-38-28(2,3)29(4,5)39-30/h7-13,15-16,22-23H,14H2,1-6H3,(H,31,32)(H,33,36)/t16?,22-,23-/m0/s1. The van der Waals surface area contributed by atoms with Crippen LogP contribution in [0.3, 0.4) is 0 Å². The number of hydrogen-bond donors (Lipinski definition) is 2. The van der Waals surface area contributed by atoms with E-state index in [4.69, 9.17) is 19.0 Å². The van der Waals surface area contributed by atoms with Crippen LogP contribution in [0, 0.1) is 0 Å². The molecule has 3 aromatic rings. The first kappa shape index (κ1) is 25.6. The number of nitrogens with zero attached hydrogens (tertiary/aromatic N) is 2. The summed E-state index contributed by atoms with van der Waals surface area (Å²) in [7, 11) is 0.871. The lowest BCUT2D eigenvalue weighted by Crippen LogP contribution is -2.54. The molecule has 2 aromatic carbocycles. The third kappa shape index (κ3) is 4.05. The van der Waals surface area contributed by atoms with Gasteiger partial charge in [-0.1, -0.05) is 49.4 Å². The first-order chi connectivity index (χ1) is 18.5. The average Bonchev–Trinajstić information content (AvgIpc) is 3.59. The van der Waals surface area contributed by atoms with Crippen LogP contribution in [0.4, 0.5) is 10.5 Å². The van der Waals surface area contributed by atoms with Crippen LogP contribution in [-0.4, -0.2) is 53.4 Å². The van der Waals surface area contributed by atoms with E-state index in [9.17, 15) is 9.59 Å². The smallest absolute Gasteiger partial charge is 0.453 e. The largest absolute Gasteiger partial charge is 0.494 e. The van der Waals surface area contributed by atoms with E-state index in [1.165, 1.54) is 7.11 Å². The van der Waals surface area contributed by atoms with Gasteiger partial charge in [0.2, 0.25) is 0 Å². The van der Waals surface area contributed by atoms with Crippen molar-refractivity contribution < 1.29 is 23.6 Å². The lowest BCUT2D eigenvalue weighted by Gasteiger charge is -2.38. The predicted molar refractivity (Wildman–Crippen MR) is 148 cm³/mol. The van der Waals surface area contributed by atoms with E-state index in [-0.39, 0.29) is 17.9 Å². The maximum Gasteiger partial charge on any atom is 0.494 e. The van der Waals surface area contributed by atoms with Crippen molar-refractivity contribution in [3.8, 4) is 11.3 Å². The van der Waals surface area contributed by atoms with Gasteiger partial charge in [0.15, 0.2) is 0 Å². The molecule has 0 bridgehead atoms. The first-order valence-electron chi connectivity index (χ1n) is 13.3. The molecule has 1 saturated heterocycles. The van der Waals surface area contributed by atoms with E-state index in [0.29, 0.717) is 12.2 Å². The van der Waals surface area contributed by atoms with E-state index in [1.54, 1.807) is 11.1 Å². The molecule has 10 heteroatoms. The van der Waals surface area contributed by atoms with Gasteiger partial charge in [0, 0.05) is 12.3 Å². The van der Waals surface area contributed by atoms with E-state index < -0.39 is 30.5 Å². The summed E-state index contributed by atoms with van der Waals surface area (Å²) in [5, 5.41) is 2.73. The quantitative estimate of drug-likeness (QED) is 0.499. The molecule has 9 nitrogen and oxygen atoms in total. The number of amides is 2. The molecule has 1 fully saturated rings. The number of imidazole rings is 1. The molecule has 0 aliphatic carbocycles. The summed E-state index contributed by atoms with van der Waals surface area (Å²) in [6.07, 6.45) is 1.81. The molecule has 2 amide bonds. The second kappa shape index (κ2) is 8.96. The molecule has 3 atom stereocenters. The van der Waals surface area contributed by atoms with Gasteiger partial charge in [0.25, 0.3) is 5.91 Å². The number of hydrogen-bond acceptors (Lipinski definition) is 6. The summed E-state index contributed by atoms with van der Waals surface area (Å²) in [5.74, 6) is 0.346. The zero-order chi connectivity index (χ0) is 27.7. The monoisotopic (exact) mass is 528 g/mol. The summed E-state index contributed by atoms with van der Waals surface area (Å²) in [5.41, 5.74) is 5.02. The summed E-state index contributed by atoms with van der Waals surface area (Å²) in [6.45, 7) is 10.1. The molecule has 39 heavy (non-hydrogen) atoms. The minimum atomic E-state index is -0.724. The number of H-pyrrole nitrogens is 1. The molecule has 202 valence electrons. The Hall–Kier alpha value is -3.63. The fraction of sp³-hybridized carbons (Fsp3) is 0.414. The van der Waals surface area contributed by atoms with Gasteiger partial charge in [-0.3, -0.25) is 9.69 Å². The number of rotatable bonds is 4. The third-order valence-corrected chi connectivity index (χ3v) is 8.73. The molecule has 3 aliphatic heterocycles. The number of methoxy groups -OCH3 is 1. The Kier molecular flexibility index (Phi) is 5.89. The number of alkyl carbamates (subject to hydrolysis) is 1. The number of anilines is 1. The van der Waals surface area contributed by atoms with Gasteiger partial charge in [-0.2, -0.15) is 0 Å². The molecule has 6 rings (SSSR count). The lowest BCUT2D eigenvalue weighted by molar-refractivity contribution is -0.121. The number of carbonyl (C=O) groups is 2. The van der Waals surface area contributed by atoms with Crippen molar-refractivity contribution in [1.82, 2.24) is 15.3 Å². The van der Waals surface area contributed by atoms with Crippen LogP contribution < -0.4 is 15.7 Å². The van der Waals surface area contributed by atoms with Crippen molar-refractivity contribution in [3.63, 3.8) is 0 Å². The number of aromatic nitrogens is 2. The normalized spacial score (nSPS) is 24.6. The molecule has 1 unspecified atom stereocenters. The number of benzene rings is 2. The Morgan fingerprint density at radius 1 is 1.13 bits per heavy atom. The highest BCUT2D eigenvalue weighted by molar-refractivity contribution is 6.62. The average molecular weight is 528 g/mol. The number of aromatic amines is 1. The van der Waals surface area contributed by atoms with Crippen LogP contribution in [0.5, 0.6) is 0 Å². The summed E-state index contributed by atoms with van der Waals surface area (Å²) >= 11 is 0. The van der Waals surface area contributed by atoms with Crippen LogP contribution in [0.25, 0.3) is 11.3 Å². The second-order valence-electron chi connectivity index (χ2n) is 11.6. The lowest BCUT2D eigenvalue weighted by atomic mass is 9.79. The molecule has 4 heterocycles. The molecule has 0 saturated carbocycles. The Morgan fingerprint density at radius 3 is 2.49 bits per heavy atom. The van der Waals surface area contributed by atoms with Crippen molar-refractivity contribution in [1.29, 1.82) is 0 Å². The molecule has 0 radical (unpaired) electrons. The molecular formula is C29H33BN4O5. The van der Waals surface area contributed by atoms with Crippen molar-refractivity contribution in [2.75, 3.05) is 12.0 Å².